The fraction of sp³-hybridized carbons (Fsp3) is 0.548. The molecule has 6 heteroatoms. The molecular formula is C73H112O6. The molecule has 440 valence electrons. The maximum absolute atomic E-state index is 12.9. The number of carbonyl (C=O) groups excluding carboxylic acids is 3. The van der Waals surface area contributed by atoms with E-state index in [1.807, 2.05) is 18.2 Å². The molecule has 0 aromatic heterocycles. The highest BCUT2D eigenvalue weighted by Crippen LogP contribution is 2.15. The first kappa shape index (κ1) is 73.5. The number of hydrogen-bond donors (Lipinski definition) is 0. The fourth-order valence-electron chi connectivity index (χ4n) is 7.89. The summed E-state index contributed by atoms with van der Waals surface area (Å²) < 4.78 is 16.7. The van der Waals surface area contributed by atoms with Crippen LogP contribution in [-0.2, 0) is 28.6 Å². The van der Waals surface area contributed by atoms with Gasteiger partial charge in [0.25, 0.3) is 0 Å². The Balaban J connectivity index is 4.50. The van der Waals surface area contributed by atoms with Gasteiger partial charge in [-0.1, -0.05) is 280 Å². The first-order valence-electron chi connectivity index (χ1n) is 31.3. The Labute approximate surface area is 484 Å². The van der Waals surface area contributed by atoms with Crippen LogP contribution in [0.25, 0.3) is 0 Å². The van der Waals surface area contributed by atoms with Crippen LogP contribution in [-0.4, -0.2) is 37.2 Å². The van der Waals surface area contributed by atoms with Crippen molar-refractivity contribution in [3.05, 3.63) is 182 Å². The van der Waals surface area contributed by atoms with Gasteiger partial charge in [0.2, 0.25) is 0 Å². The van der Waals surface area contributed by atoms with E-state index < -0.39 is 18.0 Å². The molecule has 0 N–H and O–H groups in total. The van der Waals surface area contributed by atoms with Crippen molar-refractivity contribution in [2.45, 2.75) is 245 Å². The van der Waals surface area contributed by atoms with Crippen LogP contribution < -0.4 is 0 Å². The van der Waals surface area contributed by atoms with Gasteiger partial charge in [0.15, 0.2) is 6.10 Å². The SMILES string of the molecule is CC/C=C\C/C=C\C/C=C\C/C=C\C/C=C\C/C=C\CCC(=O)OC(COC(=O)C/C=C\C/C=C\C/C=C\C/C=C\C/C=C\CC)COC(=O)CCCCCCCCCCCCCCCC/C=C\C/C=C\C/C=C\C/C=C\CC. The smallest absolute Gasteiger partial charge is 0.309 e. The molecule has 0 saturated carbocycles. The van der Waals surface area contributed by atoms with Gasteiger partial charge in [0.05, 0.1) is 6.42 Å². The van der Waals surface area contributed by atoms with Crippen molar-refractivity contribution in [3.8, 4) is 0 Å². The molecule has 0 aliphatic rings. The topological polar surface area (TPSA) is 78.9 Å². The Bertz CT molecular complexity index is 1870. The molecule has 0 radical (unpaired) electrons. The first-order chi connectivity index (χ1) is 39.0. The largest absolute Gasteiger partial charge is 0.462 e. The molecule has 0 amide bonds. The molecule has 0 heterocycles. The summed E-state index contributed by atoms with van der Waals surface area (Å²) in [7, 11) is 0. The van der Waals surface area contributed by atoms with Gasteiger partial charge in [-0.2, -0.15) is 0 Å². The van der Waals surface area contributed by atoms with Gasteiger partial charge in [0, 0.05) is 12.8 Å². The summed E-state index contributed by atoms with van der Waals surface area (Å²) in [5.41, 5.74) is 0. The lowest BCUT2D eigenvalue weighted by Gasteiger charge is -2.18. The quantitative estimate of drug-likeness (QED) is 0.0261. The van der Waals surface area contributed by atoms with Crippen molar-refractivity contribution in [2.75, 3.05) is 13.2 Å². The number of allylic oxidation sites excluding steroid dienone is 29. The van der Waals surface area contributed by atoms with Crippen molar-refractivity contribution >= 4 is 17.9 Å². The summed E-state index contributed by atoms with van der Waals surface area (Å²) >= 11 is 0. The van der Waals surface area contributed by atoms with E-state index >= 15 is 0 Å². The van der Waals surface area contributed by atoms with Gasteiger partial charge in [-0.05, 0) is 122 Å². The second kappa shape index (κ2) is 65.0. The van der Waals surface area contributed by atoms with Crippen LogP contribution in [0.5, 0.6) is 0 Å². The Morgan fingerprint density at radius 2 is 0.532 bits per heavy atom. The number of esters is 3. The summed E-state index contributed by atoms with van der Waals surface area (Å²) in [6.07, 6.45) is 98.0. The van der Waals surface area contributed by atoms with E-state index in [-0.39, 0.29) is 32.0 Å². The molecule has 0 bridgehead atoms. The van der Waals surface area contributed by atoms with Crippen molar-refractivity contribution in [1.29, 1.82) is 0 Å². The van der Waals surface area contributed by atoms with Crippen LogP contribution in [0.2, 0.25) is 0 Å². The minimum Gasteiger partial charge on any atom is -0.462 e. The van der Waals surface area contributed by atoms with Gasteiger partial charge >= 0.3 is 17.9 Å². The van der Waals surface area contributed by atoms with Crippen LogP contribution in [0.1, 0.15) is 239 Å². The van der Waals surface area contributed by atoms with Crippen molar-refractivity contribution in [1.82, 2.24) is 0 Å². The Morgan fingerprint density at radius 1 is 0.266 bits per heavy atom. The molecule has 0 aliphatic carbocycles. The number of carbonyl (C=O) groups is 3. The third-order valence-electron chi connectivity index (χ3n) is 12.4. The Morgan fingerprint density at radius 3 is 0.873 bits per heavy atom. The highest BCUT2D eigenvalue weighted by atomic mass is 16.6. The fourth-order valence-corrected chi connectivity index (χ4v) is 7.89. The molecule has 0 fully saturated rings. The molecule has 6 nitrogen and oxygen atoms in total. The van der Waals surface area contributed by atoms with E-state index in [1.165, 1.54) is 77.0 Å². The van der Waals surface area contributed by atoms with E-state index in [1.54, 1.807) is 6.08 Å². The van der Waals surface area contributed by atoms with Gasteiger partial charge in [-0.15, -0.1) is 0 Å². The average molecular weight is 1090 g/mol. The highest BCUT2D eigenvalue weighted by Gasteiger charge is 2.19. The van der Waals surface area contributed by atoms with E-state index in [9.17, 15) is 14.4 Å². The van der Waals surface area contributed by atoms with E-state index in [2.05, 4.69) is 179 Å². The lowest BCUT2D eigenvalue weighted by Crippen LogP contribution is -2.30. The third-order valence-corrected chi connectivity index (χ3v) is 12.4. The highest BCUT2D eigenvalue weighted by molar-refractivity contribution is 5.72. The van der Waals surface area contributed by atoms with Gasteiger partial charge in [-0.3, -0.25) is 14.4 Å². The van der Waals surface area contributed by atoms with Gasteiger partial charge in [-0.25, -0.2) is 0 Å². The van der Waals surface area contributed by atoms with Crippen LogP contribution in [0.15, 0.2) is 182 Å². The van der Waals surface area contributed by atoms with E-state index in [0.29, 0.717) is 19.3 Å². The van der Waals surface area contributed by atoms with Crippen LogP contribution >= 0.6 is 0 Å². The molecule has 79 heavy (non-hydrogen) atoms. The molecule has 0 aliphatic heterocycles. The maximum atomic E-state index is 12.9. The monoisotopic (exact) mass is 1080 g/mol. The van der Waals surface area contributed by atoms with E-state index in [4.69, 9.17) is 14.2 Å². The second-order valence-corrected chi connectivity index (χ2v) is 19.8. The Kier molecular flexibility index (Phi) is 60.5. The molecule has 0 spiro atoms. The number of unbranched alkanes of at least 4 members (excludes halogenated alkanes) is 14. The second-order valence-electron chi connectivity index (χ2n) is 19.8. The van der Waals surface area contributed by atoms with Crippen molar-refractivity contribution in [3.63, 3.8) is 0 Å². The summed E-state index contributed by atoms with van der Waals surface area (Å²) in [6.45, 7) is 6.14. The third kappa shape index (κ3) is 63.2. The summed E-state index contributed by atoms with van der Waals surface area (Å²) in [5, 5.41) is 0. The lowest BCUT2D eigenvalue weighted by atomic mass is 10.0. The minimum absolute atomic E-state index is 0.103. The van der Waals surface area contributed by atoms with Gasteiger partial charge < -0.3 is 14.2 Å². The summed E-state index contributed by atoms with van der Waals surface area (Å²) in [4.78, 5) is 38.2. The molecule has 0 aromatic carbocycles. The zero-order chi connectivity index (χ0) is 57.1. The molecule has 1 unspecified atom stereocenters. The van der Waals surface area contributed by atoms with Crippen LogP contribution in [0, 0.1) is 0 Å². The number of hydrogen-bond acceptors (Lipinski definition) is 6. The molecule has 1 atom stereocenters. The number of ether oxygens (including phenoxy) is 3. The standard InChI is InChI=1S/C73H112O6/c1-4-7-10-13-16-19-22-25-28-30-32-33-34-35-36-37-38-39-41-42-45-48-51-54-57-60-63-66-72(75)78-69-70(68-77-71(74)65-62-59-56-53-50-47-44-27-24-21-18-15-12-9-6-3)79-73(76)67-64-61-58-55-52-49-46-43-40-31-29-26-23-20-17-14-11-8-5-2/h7-12,16-21,25-29,32-33,40,43-44,49-50,52-53,58-59,61-62,70H,4-6,13-15,22-24,30-31,34-39,41-42,45-48,51,54-57,60,63-69H2,1-3H3/b10-7-,11-8-,12-9-,19-16-,20-17-,21-18-,28-25-,29-26-,33-32-,43-40-,44-27-,52-49-,53-50-,61-58-,62-59-. The van der Waals surface area contributed by atoms with Crippen molar-refractivity contribution < 1.29 is 28.6 Å². The maximum Gasteiger partial charge on any atom is 0.309 e. The van der Waals surface area contributed by atoms with Gasteiger partial charge in [0.1, 0.15) is 13.2 Å². The normalized spacial score (nSPS) is 13.4. The van der Waals surface area contributed by atoms with Crippen molar-refractivity contribution in [2.24, 2.45) is 0 Å². The zero-order valence-corrected chi connectivity index (χ0v) is 50.3. The van der Waals surface area contributed by atoms with Crippen LogP contribution in [0.3, 0.4) is 0 Å². The summed E-state index contributed by atoms with van der Waals surface area (Å²) in [5.74, 6) is -1.17. The first-order valence-corrected chi connectivity index (χ1v) is 31.3. The Hall–Kier alpha value is -5.49. The molecule has 0 rings (SSSR count). The predicted octanol–water partition coefficient (Wildman–Crippen LogP) is 21.7. The number of rotatable bonds is 54. The summed E-state index contributed by atoms with van der Waals surface area (Å²) in [6, 6.07) is 0. The molecule has 0 aromatic rings. The lowest BCUT2D eigenvalue weighted by molar-refractivity contribution is -0.166. The zero-order valence-electron chi connectivity index (χ0n) is 50.3. The minimum atomic E-state index is -0.869. The average Bonchev–Trinajstić information content (AvgIpc) is 3.45. The van der Waals surface area contributed by atoms with E-state index in [0.717, 1.165) is 109 Å². The molecule has 0 saturated heterocycles. The van der Waals surface area contributed by atoms with Crippen LogP contribution in [0.4, 0.5) is 0 Å². The molecular weight excluding hydrogens is 973 g/mol. The predicted molar refractivity (Wildman–Crippen MR) is 343 cm³/mol.